The molecule has 0 spiro atoms. The van der Waals surface area contributed by atoms with E-state index in [-0.39, 0.29) is 41.3 Å². The summed E-state index contributed by atoms with van der Waals surface area (Å²) in [5, 5.41) is 35.0. The average Bonchev–Trinajstić information content (AvgIpc) is 3.71. The zero-order chi connectivity index (χ0) is 28.0. The molecule has 3 atom stereocenters. The van der Waals surface area contributed by atoms with Gasteiger partial charge in [-0.3, -0.25) is 29.3 Å². The van der Waals surface area contributed by atoms with Crippen molar-refractivity contribution in [3.05, 3.63) is 75.3 Å². The van der Waals surface area contributed by atoms with E-state index in [4.69, 9.17) is 4.74 Å². The topological polar surface area (TPSA) is 188 Å². The summed E-state index contributed by atoms with van der Waals surface area (Å²) in [5.41, 5.74) is -1.16. The molecule has 3 rings (SSSR count). The first-order chi connectivity index (χ1) is 18.0. The number of Topliss-reactive ketones (excluding diaryl/α,β-unsaturated/α-hetero) is 1. The molecule has 2 aromatic carbocycles. The summed E-state index contributed by atoms with van der Waals surface area (Å²) in [6, 6.07) is 8.25. The predicted octanol–water partition coefficient (Wildman–Crippen LogP) is 0.778. The lowest BCUT2D eigenvalue weighted by atomic mass is 9.92. The van der Waals surface area contributed by atoms with E-state index in [1.807, 2.05) is 13.8 Å². The van der Waals surface area contributed by atoms with Gasteiger partial charge in [0.05, 0.1) is 30.8 Å². The second kappa shape index (κ2) is 12.0. The molecule has 1 aliphatic rings. The fourth-order valence-electron chi connectivity index (χ4n) is 3.83. The molecule has 0 saturated carbocycles. The van der Waals surface area contributed by atoms with Crippen LogP contribution in [0.1, 0.15) is 46.5 Å². The Labute approximate surface area is 218 Å². The summed E-state index contributed by atoms with van der Waals surface area (Å²) in [5.74, 6) is -2.49. The highest BCUT2D eigenvalue weighted by atomic mass is 16.6. The number of nitro benzene ring substituents is 1. The van der Waals surface area contributed by atoms with Gasteiger partial charge in [-0.05, 0) is 36.6 Å². The number of epoxide rings is 1. The number of benzene rings is 2. The molecular weight excluding hydrogens is 498 g/mol. The quantitative estimate of drug-likeness (QED) is 0.126. The molecule has 202 valence electrons. The first-order valence-electron chi connectivity index (χ1n) is 11.9. The van der Waals surface area contributed by atoms with Gasteiger partial charge in [-0.15, -0.1) is 0 Å². The van der Waals surface area contributed by atoms with Crippen molar-refractivity contribution in [1.29, 1.82) is 0 Å². The van der Waals surface area contributed by atoms with E-state index in [1.54, 1.807) is 0 Å². The smallest absolute Gasteiger partial charge is 0.269 e. The Morgan fingerprint density at radius 2 is 1.63 bits per heavy atom. The molecule has 2 aromatic rings. The van der Waals surface area contributed by atoms with Gasteiger partial charge < -0.3 is 25.6 Å². The van der Waals surface area contributed by atoms with Crippen LogP contribution in [-0.2, 0) is 14.3 Å². The van der Waals surface area contributed by atoms with Gasteiger partial charge >= 0.3 is 0 Å². The molecule has 4 N–H and O–H groups in total. The maximum Gasteiger partial charge on any atom is 0.269 e. The number of carbonyl (C=O) groups is 4. The standard InChI is InChI=1S/C26H29N3O9/c1-15(2)10-20(23(33)26(13-31)14-38-26)27-25(35)21(12-30)28-24(34)18-5-3-4-17(11-18)22(32)16-6-8-19(9-7-16)29(36)37/h3-9,11,15,20-21,30-31H,10,12-14H2,1-2H3,(H,27,35)(H,28,34)/t20-,21-,26+/m0/s1. The molecule has 2 amide bonds. The minimum absolute atomic E-state index is 0.0111. The highest BCUT2D eigenvalue weighted by Crippen LogP contribution is 2.30. The summed E-state index contributed by atoms with van der Waals surface area (Å²) in [6.07, 6.45) is 0.259. The van der Waals surface area contributed by atoms with Gasteiger partial charge in [-0.1, -0.05) is 26.0 Å². The average molecular weight is 528 g/mol. The van der Waals surface area contributed by atoms with Crippen LogP contribution in [0.5, 0.6) is 0 Å². The molecule has 1 saturated heterocycles. The second-order valence-corrected chi connectivity index (χ2v) is 9.42. The zero-order valence-corrected chi connectivity index (χ0v) is 20.9. The first-order valence-corrected chi connectivity index (χ1v) is 11.9. The molecule has 38 heavy (non-hydrogen) atoms. The van der Waals surface area contributed by atoms with E-state index in [9.17, 15) is 39.5 Å². The predicted molar refractivity (Wildman–Crippen MR) is 133 cm³/mol. The third-order valence-electron chi connectivity index (χ3n) is 6.07. The number of nitro groups is 1. The van der Waals surface area contributed by atoms with Gasteiger partial charge in [-0.2, -0.15) is 0 Å². The summed E-state index contributed by atoms with van der Waals surface area (Å²) in [6.45, 7) is 2.46. The van der Waals surface area contributed by atoms with Crippen LogP contribution >= 0.6 is 0 Å². The highest BCUT2D eigenvalue weighted by Gasteiger charge is 2.54. The molecule has 0 aromatic heterocycles. The van der Waals surface area contributed by atoms with Crippen molar-refractivity contribution < 1.29 is 39.1 Å². The number of carbonyl (C=O) groups excluding carboxylic acids is 4. The van der Waals surface area contributed by atoms with Crippen molar-refractivity contribution in [1.82, 2.24) is 10.6 Å². The number of amides is 2. The number of non-ortho nitro benzene ring substituents is 1. The lowest BCUT2D eigenvalue weighted by Crippen LogP contribution is -2.55. The van der Waals surface area contributed by atoms with Crippen LogP contribution in [0.25, 0.3) is 0 Å². The van der Waals surface area contributed by atoms with Crippen LogP contribution in [0, 0.1) is 16.0 Å². The zero-order valence-electron chi connectivity index (χ0n) is 20.9. The summed E-state index contributed by atoms with van der Waals surface area (Å²) < 4.78 is 5.11. The van der Waals surface area contributed by atoms with Crippen LogP contribution in [0.2, 0.25) is 0 Å². The number of ketones is 2. The van der Waals surface area contributed by atoms with Gasteiger partial charge in [0.2, 0.25) is 5.91 Å². The molecular formula is C26H29N3O9. The minimum atomic E-state index is -1.40. The van der Waals surface area contributed by atoms with E-state index < -0.39 is 59.2 Å². The summed E-state index contributed by atoms with van der Waals surface area (Å²) in [4.78, 5) is 61.6. The lowest BCUT2D eigenvalue weighted by molar-refractivity contribution is -0.384. The number of aliphatic hydroxyl groups is 2. The van der Waals surface area contributed by atoms with Crippen molar-refractivity contribution in [3.8, 4) is 0 Å². The second-order valence-electron chi connectivity index (χ2n) is 9.42. The molecule has 12 nitrogen and oxygen atoms in total. The van der Waals surface area contributed by atoms with E-state index in [2.05, 4.69) is 10.6 Å². The fraction of sp³-hybridized carbons (Fsp3) is 0.385. The van der Waals surface area contributed by atoms with Gasteiger partial charge in [0, 0.05) is 28.8 Å². The fourth-order valence-corrected chi connectivity index (χ4v) is 3.83. The van der Waals surface area contributed by atoms with Crippen LogP contribution in [0.4, 0.5) is 5.69 Å². The van der Waals surface area contributed by atoms with Crippen LogP contribution in [-0.4, -0.2) is 76.0 Å². The van der Waals surface area contributed by atoms with Crippen LogP contribution in [0.15, 0.2) is 48.5 Å². The van der Waals surface area contributed by atoms with Gasteiger partial charge in [0.15, 0.2) is 17.2 Å². The Balaban J connectivity index is 1.70. The largest absolute Gasteiger partial charge is 0.394 e. The SMILES string of the molecule is CC(C)C[C@H](NC(=O)[C@H](CO)NC(=O)c1cccc(C(=O)c2ccc([N+](=O)[O-])cc2)c1)C(=O)[C@@]1(CO)CO1. The number of ether oxygens (including phenoxy) is 1. The molecule has 1 fully saturated rings. The Hall–Kier alpha value is -4.00. The minimum Gasteiger partial charge on any atom is -0.394 e. The highest BCUT2D eigenvalue weighted by molar-refractivity contribution is 6.10. The number of rotatable bonds is 13. The lowest BCUT2D eigenvalue weighted by Gasteiger charge is -2.24. The molecule has 0 aliphatic carbocycles. The first kappa shape index (κ1) is 28.6. The molecule has 1 heterocycles. The molecule has 0 radical (unpaired) electrons. The number of aliphatic hydroxyl groups excluding tert-OH is 2. The Kier molecular flexibility index (Phi) is 9.04. The van der Waals surface area contributed by atoms with Gasteiger partial charge in [0.25, 0.3) is 11.6 Å². The Morgan fingerprint density at radius 1 is 1.00 bits per heavy atom. The van der Waals surface area contributed by atoms with Gasteiger partial charge in [-0.25, -0.2) is 0 Å². The van der Waals surface area contributed by atoms with E-state index in [0.29, 0.717) is 0 Å². The Bertz CT molecular complexity index is 1220. The maximum absolute atomic E-state index is 12.9. The third kappa shape index (κ3) is 6.65. The van der Waals surface area contributed by atoms with Crippen molar-refractivity contribution in [2.75, 3.05) is 19.8 Å². The normalized spacial score (nSPS) is 17.8. The van der Waals surface area contributed by atoms with Crippen molar-refractivity contribution in [3.63, 3.8) is 0 Å². The summed E-state index contributed by atoms with van der Waals surface area (Å²) >= 11 is 0. The van der Waals surface area contributed by atoms with Crippen LogP contribution in [0.3, 0.4) is 0 Å². The van der Waals surface area contributed by atoms with E-state index in [0.717, 1.165) is 0 Å². The van der Waals surface area contributed by atoms with E-state index in [1.165, 1.54) is 48.5 Å². The maximum atomic E-state index is 12.9. The number of nitrogens with zero attached hydrogens (tertiary/aromatic N) is 1. The molecule has 12 heteroatoms. The van der Waals surface area contributed by atoms with Crippen molar-refractivity contribution >= 4 is 29.1 Å². The van der Waals surface area contributed by atoms with Crippen molar-refractivity contribution in [2.24, 2.45) is 5.92 Å². The molecule has 0 unspecified atom stereocenters. The third-order valence-corrected chi connectivity index (χ3v) is 6.07. The molecule has 1 aliphatic heterocycles. The Morgan fingerprint density at radius 3 is 2.16 bits per heavy atom. The summed E-state index contributed by atoms with van der Waals surface area (Å²) in [7, 11) is 0. The number of hydrogen-bond acceptors (Lipinski definition) is 9. The monoisotopic (exact) mass is 527 g/mol. The van der Waals surface area contributed by atoms with Crippen molar-refractivity contribution in [2.45, 2.75) is 38.0 Å². The number of hydrogen-bond donors (Lipinski definition) is 4. The number of nitrogens with one attached hydrogen (secondary N) is 2. The van der Waals surface area contributed by atoms with Crippen LogP contribution < -0.4 is 10.6 Å². The van der Waals surface area contributed by atoms with Gasteiger partial charge in [0.1, 0.15) is 6.04 Å². The van der Waals surface area contributed by atoms with E-state index >= 15 is 0 Å². The molecule has 0 bridgehead atoms.